The second-order valence-corrected chi connectivity index (χ2v) is 6.79. The zero-order valence-electron chi connectivity index (χ0n) is 16.1. The minimum absolute atomic E-state index is 0.00316. The fourth-order valence-electron chi connectivity index (χ4n) is 2.77. The number of fused-ring (bicyclic) bond motifs is 1. The molecule has 0 amide bonds. The predicted octanol–water partition coefficient (Wildman–Crippen LogP) is 5.44. The lowest BCUT2D eigenvalue weighted by Gasteiger charge is -2.14. The molecule has 160 valence electrons. The number of ether oxygens (including phenoxy) is 2. The third-order valence-electron chi connectivity index (χ3n) is 4.23. The summed E-state index contributed by atoms with van der Waals surface area (Å²) in [6.07, 6.45) is -2.20. The maximum atomic E-state index is 13.3. The van der Waals surface area contributed by atoms with Crippen molar-refractivity contribution < 1.29 is 22.6 Å². The van der Waals surface area contributed by atoms with Crippen LogP contribution >= 0.6 is 11.6 Å². The van der Waals surface area contributed by atoms with Gasteiger partial charge in [0.1, 0.15) is 5.75 Å². The predicted molar refractivity (Wildman–Crippen MR) is 106 cm³/mol. The Kier molecular flexibility index (Phi) is 5.64. The van der Waals surface area contributed by atoms with Crippen LogP contribution in [0.3, 0.4) is 0 Å². The fraction of sp³-hybridized carbons (Fsp3) is 0.200. The summed E-state index contributed by atoms with van der Waals surface area (Å²) in [4.78, 5) is 4.20. The first-order valence-electron chi connectivity index (χ1n) is 9.21. The highest BCUT2D eigenvalue weighted by Gasteiger charge is 2.31. The molecule has 11 heteroatoms. The molecule has 0 N–H and O–H groups in total. The number of hydrogen-bond donors (Lipinski definition) is 0. The standard InChI is InChI=1S/C20H15ClF3N5O2/c1-2-9-30-17-7-3-12(11-25-17)14-5-4-13(20(22,23)24)10-15(14)31-18-8-6-16-26-27-19(21)29(16)28-18/h3-8,10-11H,2,9H2,1H3. The first-order valence-corrected chi connectivity index (χ1v) is 9.59. The zero-order chi connectivity index (χ0) is 22.0. The van der Waals surface area contributed by atoms with Gasteiger partial charge in [-0.2, -0.15) is 17.7 Å². The maximum absolute atomic E-state index is 13.3. The summed E-state index contributed by atoms with van der Waals surface area (Å²) in [7, 11) is 0. The Morgan fingerprint density at radius 3 is 2.55 bits per heavy atom. The van der Waals surface area contributed by atoms with Crippen LogP contribution in [0.5, 0.6) is 17.5 Å². The molecule has 1 aromatic carbocycles. The monoisotopic (exact) mass is 449 g/mol. The average molecular weight is 450 g/mol. The molecular weight excluding hydrogens is 435 g/mol. The van der Waals surface area contributed by atoms with Crippen molar-refractivity contribution in [3.8, 4) is 28.6 Å². The zero-order valence-corrected chi connectivity index (χ0v) is 16.9. The van der Waals surface area contributed by atoms with Gasteiger partial charge in [0.05, 0.1) is 12.2 Å². The lowest BCUT2D eigenvalue weighted by atomic mass is 10.0. The molecule has 0 aliphatic heterocycles. The molecule has 7 nitrogen and oxygen atoms in total. The topological polar surface area (TPSA) is 74.4 Å². The summed E-state index contributed by atoms with van der Waals surface area (Å²) in [5.74, 6) is 0.398. The quantitative estimate of drug-likeness (QED) is 0.390. The van der Waals surface area contributed by atoms with Gasteiger partial charge in [-0.05, 0) is 48.4 Å². The van der Waals surface area contributed by atoms with Gasteiger partial charge >= 0.3 is 6.18 Å². The van der Waals surface area contributed by atoms with Crippen LogP contribution in [0.4, 0.5) is 13.2 Å². The molecule has 0 fully saturated rings. The van der Waals surface area contributed by atoms with Gasteiger partial charge in [-0.25, -0.2) is 4.98 Å². The van der Waals surface area contributed by atoms with Crippen LogP contribution in [0.1, 0.15) is 18.9 Å². The molecule has 3 heterocycles. The molecule has 0 saturated heterocycles. The molecule has 0 radical (unpaired) electrons. The number of halogens is 4. The van der Waals surface area contributed by atoms with E-state index in [-0.39, 0.29) is 16.9 Å². The highest BCUT2D eigenvalue weighted by atomic mass is 35.5. The molecule has 0 spiro atoms. The SMILES string of the molecule is CCCOc1ccc(-c2ccc(C(F)(F)F)cc2Oc2ccc3nnc(Cl)n3n2)cn1. The van der Waals surface area contributed by atoms with Crippen molar-refractivity contribution in [3.63, 3.8) is 0 Å². The molecule has 3 aromatic heterocycles. The van der Waals surface area contributed by atoms with E-state index in [4.69, 9.17) is 21.1 Å². The van der Waals surface area contributed by atoms with Gasteiger partial charge in [-0.3, -0.25) is 0 Å². The lowest BCUT2D eigenvalue weighted by Crippen LogP contribution is -2.05. The van der Waals surface area contributed by atoms with Crippen molar-refractivity contribution in [2.24, 2.45) is 0 Å². The van der Waals surface area contributed by atoms with Crippen LogP contribution in [-0.4, -0.2) is 31.4 Å². The number of nitrogens with zero attached hydrogens (tertiary/aromatic N) is 5. The Hall–Kier alpha value is -3.40. The molecule has 0 aliphatic rings. The minimum atomic E-state index is -4.54. The molecule has 0 bridgehead atoms. The van der Waals surface area contributed by atoms with Crippen molar-refractivity contribution >= 4 is 17.2 Å². The number of benzene rings is 1. The van der Waals surface area contributed by atoms with E-state index in [2.05, 4.69) is 20.3 Å². The van der Waals surface area contributed by atoms with Gasteiger partial charge in [-0.15, -0.1) is 15.3 Å². The Morgan fingerprint density at radius 2 is 1.84 bits per heavy atom. The molecule has 4 rings (SSSR count). The van der Waals surface area contributed by atoms with Crippen LogP contribution in [-0.2, 0) is 6.18 Å². The van der Waals surface area contributed by atoms with E-state index in [0.29, 0.717) is 29.3 Å². The van der Waals surface area contributed by atoms with Gasteiger partial charge in [0.2, 0.25) is 17.0 Å². The number of rotatable bonds is 6. The summed E-state index contributed by atoms with van der Waals surface area (Å²) >= 11 is 5.91. The lowest BCUT2D eigenvalue weighted by molar-refractivity contribution is -0.137. The van der Waals surface area contributed by atoms with Crippen molar-refractivity contribution in [1.29, 1.82) is 0 Å². The largest absolute Gasteiger partial charge is 0.478 e. The van der Waals surface area contributed by atoms with Crippen LogP contribution in [0.15, 0.2) is 48.7 Å². The van der Waals surface area contributed by atoms with Crippen LogP contribution in [0.2, 0.25) is 5.28 Å². The summed E-state index contributed by atoms with van der Waals surface area (Å²) < 4.78 is 52.3. The van der Waals surface area contributed by atoms with Crippen LogP contribution < -0.4 is 9.47 Å². The molecule has 0 saturated carbocycles. The Balaban J connectivity index is 1.73. The van der Waals surface area contributed by atoms with Gasteiger partial charge in [0, 0.05) is 29.5 Å². The van der Waals surface area contributed by atoms with Crippen molar-refractivity contribution in [2.75, 3.05) is 6.61 Å². The maximum Gasteiger partial charge on any atom is 0.416 e. The highest BCUT2D eigenvalue weighted by molar-refractivity contribution is 6.28. The summed E-state index contributed by atoms with van der Waals surface area (Å²) in [6.45, 7) is 2.49. The molecule has 0 aliphatic carbocycles. The fourth-order valence-corrected chi connectivity index (χ4v) is 2.93. The Morgan fingerprint density at radius 1 is 1.03 bits per heavy atom. The molecule has 0 atom stereocenters. The molecule has 31 heavy (non-hydrogen) atoms. The number of alkyl halides is 3. The average Bonchev–Trinajstić information content (AvgIpc) is 3.12. The smallest absolute Gasteiger partial charge is 0.416 e. The van der Waals surface area contributed by atoms with Crippen molar-refractivity contribution in [1.82, 2.24) is 24.8 Å². The van der Waals surface area contributed by atoms with Crippen molar-refractivity contribution in [2.45, 2.75) is 19.5 Å². The third-order valence-corrected chi connectivity index (χ3v) is 4.46. The first kappa shape index (κ1) is 20.9. The van der Waals surface area contributed by atoms with E-state index in [0.717, 1.165) is 18.6 Å². The molecule has 4 aromatic rings. The van der Waals surface area contributed by atoms with E-state index >= 15 is 0 Å². The second-order valence-electron chi connectivity index (χ2n) is 6.45. The minimum Gasteiger partial charge on any atom is -0.478 e. The van der Waals surface area contributed by atoms with Crippen LogP contribution in [0, 0.1) is 0 Å². The van der Waals surface area contributed by atoms with Gasteiger partial charge < -0.3 is 9.47 Å². The summed E-state index contributed by atoms with van der Waals surface area (Å²) in [6, 6.07) is 9.56. The number of pyridine rings is 1. The van der Waals surface area contributed by atoms with Gasteiger partial charge in [0.25, 0.3) is 0 Å². The van der Waals surface area contributed by atoms with E-state index in [1.165, 1.54) is 28.9 Å². The van der Waals surface area contributed by atoms with E-state index < -0.39 is 11.7 Å². The summed E-state index contributed by atoms with van der Waals surface area (Å²) in [5, 5.41) is 11.6. The summed E-state index contributed by atoms with van der Waals surface area (Å²) in [5.41, 5.74) is 0.467. The highest BCUT2D eigenvalue weighted by Crippen LogP contribution is 2.38. The van der Waals surface area contributed by atoms with Crippen LogP contribution in [0.25, 0.3) is 16.8 Å². The Labute approximate surface area is 179 Å². The van der Waals surface area contributed by atoms with Gasteiger partial charge in [-0.1, -0.05) is 6.92 Å². The number of hydrogen-bond acceptors (Lipinski definition) is 6. The molecule has 0 unspecified atom stereocenters. The first-order chi connectivity index (χ1) is 14.8. The molecular formula is C20H15ClF3N5O2. The van der Waals surface area contributed by atoms with E-state index in [1.54, 1.807) is 12.1 Å². The number of aromatic nitrogens is 5. The van der Waals surface area contributed by atoms with Crippen molar-refractivity contribution in [3.05, 3.63) is 59.5 Å². The normalized spacial score (nSPS) is 11.6. The van der Waals surface area contributed by atoms with E-state index in [9.17, 15) is 13.2 Å². The van der Waals surface area contributed by atoms with Gasteiger partial charge in [0.15, 0.2) is 5.65 Å². The Bertz CT molecular complexity index is 1210. The second kappa shape index (κ2) is 8.38. The van der Waals surface area contributed by atoms with E-state index in [1.807, 2.05) is 6.92 Å². The third kappa shape index (κ3) is 4.53.